The number of fused-ring (bicyclic) bond motifs is 5. The highest BCUT2D eigenvalue weighted by molar-refractivity contribution is 5.67. The number of carbonyl (C=O) groups excluding carboxylic acids is 1. The first-order valence-electron chi connectivity index (χ1n) is 20.6. The van der Waals surface area contributed by atoms with Gasteiger partial charge < -0.3 is 31.7 Å². The van der Waals surface area contributed by atoms with Crippen LogP contribution in [0.4, 0.5) is 4.79 Å². The van der Waals surface area contributed by atoms with Crippen molar-refractivity contribution in [3.05, 3.63) is 11.6 Å². The van der Waals surface area contributed by atoms with E-state index in [4.69, 9.17) is 16.2 Å². The fourth-order valence-electron chi connectivity index (χ4n) is 10.9. The van der Waals surface area contributed by atoms with Crippen LogP contribution in [0.3, 0.4) is 0 Å². The smallest absolute Gasteiger partial charge is 0.410 e. The van der Waals surface area contributed by atoms with Crippen LogP contribution >= 0.6 is 0 Å². The Balaban J connectivity index is 1.24. The minimum atomic E-state index is -0.129. The van der Waals surface area contributed by atoms with Gasteiger partial charge in [-0.25, -0.2) is 4.79 Å². The molecule has 4 unspecified atom stereocenters. The first-order valence-corrected chi connectivity index (χ1v) is 20.6. The Bertz CT molecular complexity index is 988. The van der Waals surface area contributed by atoms with Crippen molar-refractivity contribution >= 4 is 6.09 Å². The summed E-state index contributed by atoms with van der Waals surface area (Å²) in [5.41, 5.74) is 13.8. The summed E-state index contributed by atoms with van der Waals surface area (Å²) in [5, 5.41) is 6.97. The van der Waals surface area contributed by atoms with Gasteiger partial charge in [0.1, 0.15) is 6.10 Å². The lowest BCUT2D eigenvalue weighted by Crippen LogP contribution is -2.51. The highest BCUT2D eigenvalue weighted by Gasteiger charge is 2.59. The van der Waals surface area contributed by atoms with Gasteiger partial charge in [-0.15, -0.1) is 0 Å². The molecule has 0 aliphatic heterocycles. The number of nitrogens with zero attached hydrogens (tertiary/aromatic N) is 1. The quantitative estimate of drug-likeness (QED) is 0.0731. The van der Waals surface area contributed by atoms with Crippen molar-refractivity contribution in [1.82, 2.24) is 15.5 Å². The van der Waals surface area contributed by atoms with Crippen molar-refractivity contribution in [2.45, 2.75) is 143 Å². The van der Waals surface area contributed by atoms with Crippen molar-refractivity contribution in [3.63, 3.8) is 0 Å². The lowest BCUT2D eigenvalue weighted by Gasteiger charge is -2.58. The zero-order chi connectivity index (χ0) is 34.6. The molecule has 3 saturated carbocycles. The number of unbranched alkanes of at least 4 members (excludes halogenated alkanes) is 1. The minimum absolute atomic E-state index is 0.00489. The van der Waals surface area contributed by atoms with Crippen molar-refractivity contribution in [1.29, 1.82) is 0 Å². The van der Waals surface area contributed by atoms with Crippen LogP contribution in [0.15, 0.2) is 11.6 Å². The van der Waals surface area contributed by atoms with E-state index in [-0.39, 0.29) is 17.6 Å². The van der Waals surface area contributed by atoms with Crippen LogP contribution in [0.2, 0.25) is 0 Å². The van der Waals surface area contributed by atoms with E-state index in [1.54, 1.807) is 5.57 Å². The average molecular weight is 672 g/mol. The molecule has 0 aromatic carbocycles. The Morgan fingerprint density at radius 3 is 2.29 bits per heavy atom. The van der Waals surface area contributed by atoms with Crippen molar-refractivity contribution in [2.24, 2.45) is 57.8 Å². The van der Waals surface area contributed by atoms with Crippen molar-refractivity contribution < 1.29 is 9.53 Å². The molecule has 1 amide bonds. The van der Waals surface area contributed by atoms with Crippen LogP contribution in [0, 0.1) is 46.3 Å². The highest BCUT2D eigenvalue weighted by Crippen LogP contribution is 2.67. The molecule has 0 aromatic heterocycles. The Hall–Kier alpha value is -1.15. The van der Waals surface area contributed by atoms with E-state index >= 15 is 0 Å². The fraction of sp³-hybridized carbons (Fsp3) is 0.927. The van der Waals surface area contributed by atoms with Crippen molar-refractivity contribution in [3.8, 4) is 0 Å². The number of amides is 1. The van der Waals surface area contributed by atoms with Crippen LogP contribution in [-0.4, -0.2) is 69.5 Å². The van der Waals surface area contributed by atoms with Gasteiger partial charge in [0.05, 0.1) is 0 Å². The maximum absolute atomic E-state index is 13.5. The second-order valence-electron chi connectivity index (χ2n) is 17.4. The van der Waals surface area contributed by atoms with Gasteiger partial charge in [-0.05, 0) is 163 Å². The average Bonchev–Trinajstić information content (AvgIpc) is 3.42. The largest absolute Gasteiger partial charge is 0.446 e. The summed E-state index contributed by atoms with van der Waals surface area (Å²) < 4.78 is 6.28. The van der Waals surface area contributed by atoms with E-state index in [1.807, 2.05) is 4.90 Å². The SMILES string of the molecule is CC(C)CCC[C@@H](C)[C@H]1CCC2C3CC=C4CC(OC(=O)N(CCCN)CCCCNCCCNCCCN)CC[C@]4(C)C3CC[C@@]21C. The lowest BCUT2D eigenvalue weighted by molar-refractivity contribution is -0.0593. The van der Waals surface area contributed by atoms with E-state index in [9.17, 15) is 4.79 Å². The van der Waals surface area contributed by atoms with E-state index in [1.165, 1.54) is 51.4 Å². The Morgan fingerprint density at radius 1 is 0.854 bits per heavy atom. The summed E-state index contributed by atoms with van der Waals surface area (Å²) in [6, 6.07) is 0. The van der Waals surface area contributed by atoms with Gasteiger partial charge in [0.25, 0.3) is 0 Å². The highest BCUT2D eigenvalue weighted by atomic mass is 16.6. The van der Waals surface area contributed by atoms with Crippen LogP contribution in [0.1, 0.15) is 137 Å². The topological polar surface area (TPSA) is 106 Å². The third kappa shape index (κ3) is 10.2. The molecule has 4 rings (SSSR count). The molecular weight excluding hydrogens is 594 g/mol. The first kappa shape index (κ1) is 39.6. The number of hydrogen-bond donors (Lipinski definition) is 4. The summed E-state index contributed by atoms with van der Waals surface area (Å²) in [6.45, 7) is 19.4. The second kappa shape index (κ2) is 19.5. The van der Waals surface area contributed by atoms with Gasteiger partial charge in [-0.3, -0.25) is 0 Å². The van der Waals surface area contributed by atoms with E-state index in [0.717, 1.165) is 126 Å². The Labute approximate surface area is 295 Å². The number of allylic oxidation sites excluding steroid dienone is 1. The zero-order valence-corrected chi connectivity index (χ0v) is 32.0. The molecule has 7 heteroatoms. The molecule has 6 N–H and O–H groups in total. The molecule has 48 heavy (non-hydrogen) atoms. The van der Waals surface area contributed by atoms with E-state index in [2.05, 4.69) is 51.3 Å². The van der Waals surface area contributed by atoms with Gasteiger partial charge in [0, 0.05) is 19.5 Å². The lowest BCUT2D eigenvalue weighted by atomic mass is 9.47. The number of rotatable bonds is 21. The van der Waals surface area contributed by atoms with Gasteiger partial charge >= 0.3 is 6.09 Å². The monoisotopic (exact) mass is 672 g/mol. The molecule has 0 bridgehead atoms. The summed E-state index contributed by atoms with van der Waals surface area (Å²) in [7, 11) is 0. The number of hydrogen-bond acceptors (Lipinski definition) is 6. The maximum Gasteiger partial charge on any atom is 0.410 e. The molecule has 278 valence electrons. The van der Waals surface area contributed by atoms with Gasteiger partial charge in [0.15, 0.2) is 0 Å². The Kier molecular flexibility index (Phi) is 16.1. The summed E-state index contributed by atoms with van der Waals surface area (Å²) >= 11 is 0. The number of ether oxygens (including phenoxy) is 1. The fourth-order valence-corrected chi connectivity index (χ4v) is 10.9. The third-order valence-corrected chi connectivity index (χ3v) is 13.7. The van der Waals surface area contributed by atoms with Crippen LogP contribution in [0.25, 0.3) is 0 Å². The van der Waals surface area contributed by atoms with Gasteiger partial charge in [-0.2, -0.15) is 0 Å². The van der Waals surface area contributed by atoms with Crippen molar-refractivity contribution in [2.75, 3.05) is 52.4 Å². The standard InChI is InChI=1S/C41H77N5O2/c1-31(2)12-8-13-32(3)36-16-17-37-35-15-14-33-30-34(18-20-40(33,4)38(35)19-21-41(36,37)5)48-39(47)46(29-10-23-43)28-7-6-24-44-26-11-27-45-25-9-22-42/h14,31-32,34-38,44-45H,6-13,15-30,42-43H2,1-5H3/t32-,34?,35?,36-,37?,38?,40+,41-/m1/s1. The second-order valence-corrected chi connectivity index (χ2v) is 17.4. The number of nitrogens with one attached hydrogen (secondary N) is 2. The third-order valence-electron chi connectivity index (χ3n) is 13.7. The van der Waals surface area contributed by atoms with Crippen LogP contribution in [0.5, 0.6) is 0 Å². The summed E-state index contributed by atoms with van der Waals surface area (Å²) in [6.07, 6.45) is 21.7. The van der Waals surface area contributed by atoms with E-state index < -0.39 is 0 Å². The van der Waals surface area contributed by atoms with Crippen LogP contribution in [-0.2, 0) is 4.74 Å². The first-order chi connectivity index (χ1) is 23.1. The molecule has 3 fully saturated rings. The predicted octanol–water partition coefficient (Wildman–Crippen LogP) is 7.88. The summed E-state index contributed by atoms with van der Waals surface area (Å²) in [4.78, 5) is 15.4. The minimum Gasteiger partial charge on any atom is -0.446 e. The molecule has 0 saturated heterocycles. The number of carbonyl (C=O) groups is 1. The molecule has 4 aliphatic rings. The molecule has 4 aliphatic carbocycles. The maximum atomic E-state index is 13.5. The van der Waals surface area contributed by atoms with E-state index in [0.29, 0.717) is 18.5 Å². The van der Waals surface area contributed by atoms with Gasteiger partial charge in [-0.1, -0.05) is 65.5 Å². The molecule has 8 atom stereocenters. The zero-order valence-electron chi connectivity index (χ0n) is 32.0. The molecule has 0 spiro atoms. The normalized spacial score (nSPS) is 31.9. The van der Waals surface area contributed by atoms with Crippen LogP contribution < -0.4 is 22.1 Å². The predicted molar refractivity (Wildman–Crippen MR) is 202 cm³/mol. The molecule has 0 radical (unpaired) electrons. The van der Waals surface area contributed by atoms with Gasteiger partial charge in [0.2, 0.25) is 0 Å². The molecular formula is C41H77N5O2. The molecule has 7 nitrogen and oxygen atoms in total. The number of nitrogens with two attached hydrogens (primary N) is 2. The molecule has 0 aromatic rings. The summed E-state index contributed by atoms with van der Waals surface area (Å²) in [5.74, 6) is 5.10. The Morgan fingerprint density at radius 2 is 1.56 bits per heavy atom. The molecule has 0 heterocycles.